The van der Waals surface area contributed by atoms with E-state index in [1.807, 2.05) is 37.3 Å². The summed E-state index contributed by atoms with van der Waals surface area (Å²) in [7, 11) is 0. The van der Waals surface area contributed by atoms with Crippen molar-refractivity contribution in [1.82, 2.24) is 5.32 Å². The number of hydrogen-bond donors (Lipinski definition) is 1. The van der Waals surface area contributed by atoms with Gasteiger partial charge in [-0.3, -0.25) is 4.79 Å². The highest BCUT2D eigenvalue weighted by Crippen LogP contribution is 2.28. The third-order valence-corrected chi connectivity index (χ3v) is 3.79. The molecule has 1 atom stereocenters. The van der Waals surface area contributed by atoms with Crippen LogP contribution in [0.1, 0.15) is 25.6 Å². The molecule has 0 aliphatic heterocycles. The molecule has 1 N–H and O–H groups in total. The maximum atomic E-state index is 11.9. The van der Waals surface area contributed by atoms with Crippen LogP contribution in [0.25, 0.3) is 0 Å². The summed E-state index contributed by atoms with van der Waals surface area (Å²) in [4.78, 5) is 13.0. The molecule has 0 saturated heterocycles. The summed E-state index contributed by atoms with van der Waals surface area (Å²) in [5.74, 6) is 2.26. The highest BCUT2D eigenvalue weighted by molar-refractivity contribution is 7.99. The van der Waals surface area contributed by atoms with Gasteiger partial charge in [-0.2, -0.15) is 0 Å². The fraction of sp³-hybridized carbons (Fsp3) is 0.312. The first-order valence-corrected chi connectivity index (χ1v) is 7.86. The fourth-order valence-corrected chi connectivity index (χ4v) is 2.63. The second-order valence-electron chi connectivity index (χ2n) is 4.47. The van der Waals surface area contributed by atoms with Crippen molar-refractivity contribution in [3.05, 3.63) is 48.4 Å². The van der Waals surface area contributed by atoms with Gasteiger partial charge in [-0.1, -0.05) is 19.1 Å². The third kappa shape index (κ3) is 4.56. The molecule has 0 aliphatic rings. The number of carbonyl (C=O) groups excluding carboxylic acids is 1. The quantitative estimate of drug-likeness (QED) is 0.793. The molecular weight excluding hydrogens is 286 g/mol. The second kappa shape index (κ2) is 7.78. The van der Waals surface area contributed by atoms with Gasteiger partial charge in [0.25, 0.3) is 5.91 Å². The lowest BCUT2D eigenvalue weighted by molar-refractivity contribution is -0.123. The van der Waals surface area contributed by atoms with Gasteiger partial charge in [0.15, 0.2) is 6.61 Å². The normalized spacial score (nSPS) is 11.9. The van der Waals surface area contributed by atoms with Crippen LogP contribution in [0.5, 0.6) is 5.75 Å². The number of hydrogen-bond acceptors (Lipinski definition) is 4. The standard InChI is InChI=1S/C16H19NO3S/c1-3-21-15-9-5-4-7-14(15)20-11-16(18)17-12(2)13-8-6-10-19-13/h4-10,12H,3,11H2,1-2H3,(H,17,18). The molecule has 0 fully saturated rings. The molecule has 1 aromatic carbocycles. The largest absolute Gasteiger partial charge is 0.483 e. The zero-order valence-electron chi connectivity index (χ0n) is 12.2. The van der Waals surface area contributed by atoms with Crippen LogP contribution >= 0.6 is 11.8 Å². The van der Waals surface area contributed by atoms with Gasteiger partial charge in [-0.15, -0.1) is 11.8 Å². The molecule has 5 heteroatoms. The van der Waals surface area contributed by atoms with Crippen molar-refractivity contribution in [3.63, 3.8) is 0 Å². The number of amides is 1. The molecule has 0 spiro atoms. The summed E-state index contributed by atoms with van der Waals surface area (Å²) < 4.78 is 10.9. The van der Waals surface area contributed by atoms with Crippen molar-refractivity contribution in [2.45, 2.75) is 24.8 Å². The van der Waals surface area contributed by atoms with Crippen molar-refractivity contribution < 1.29 is 13.9 Å². The molecule has 1 heterocycles. The Hall–Kier alpha value is -1.88. The van der Waals surface area contributed by atoms with Gasteiger partial charge in [-0.05, 0) is 36.9 Å². The lowest BCUT2D eigenvalue weighted by Crippen LogP contribution is -2.31. The highest BCUT2D eigenvalue weighted by Gasteiger charge is 2.12. The van der Waals surface area contributed by atoms with E-state index in [0.717, 1.165) is 22.2 Å². The molecule has 2 aromatic rings. The number of benzene rings is 1. The molecule has 1 aromatic heterocycles. The predicted octanol–water partition coefficient (Wildman–Crippen LogP) is 3.65. The van der Waals surface area contributed by atoms with Crippen LogP contribution in [-0.4, -0.2) is 18.3 Å². The first-order chi connectivity index (χ1) is 10.2. The fourth-order valence-electron chi connectivity index (χ4n) is 1.88. The molecule has 0 aliphatic carbocycles. The second-order valence-corrected chi connectivity index (χ2v) is 5.78. The van der Waals surface area contributed by atoms with Crippen molar-refractivity contribution in [2.24, 2.45) is 0 Å². The van der Waals surface area contributed by atoms with Gasteiger partial charge >= 0.3 is 0 Å². The summed E-state index contributed by atoms with van der Waals surface area (Å²) in [6, 6.07) is 11.2. The minimum atomic E-state index is -0.171. The van der Waals surface area contributed by atoms with Gasteiger partial charge in [0.1, 0.15) is 11.5 Å². The summed E-state index contributed by atoms with van der Waals surface area (Å²) >= 11 is 1.69. The van der Waals surface area contributed by atoms with E-state index in [0.29, 0.717) is 0 Å². The molecule has 0 radical (unpaired) electrons. The molecule has 21 heavy (non-hydrogen) atoms. The molecule has 1 amide bonds. The van der Waals surface area contributed by atoms with Crippen LogP contribution in [-0.2, 0) is 4.79 Å². The van der Waals surface area contributed by atoms with Gasteiger partial charge in [-0.25, -0.2) is 0 Å². The molecule has 0 bridgehead atoms. The van der Waals surface area contributed by atoms with E-state index in [1.54, 1.807) is 24.1 Å². The Labute approximate surface area is 128 Å². The smallest absolute Gasteiger partial charge is 0.258 e. The summed E-state index contributed by atoms with van der Waals surface area (Å²) in [6.07, 6.45) is 1.59. The lowest BCUT2D eigenvalue weighted by Gasteiger charge is -2.13. The zero-order chi connectivity index (χ0) is 15.1. The van der Waals surface area contributed by atoms with E-state index in [-0.39, 0.29) is 18.6 Å². The van der Waals surface area contributed by atoms with Crippen molar-refractivity contribution >= 4 is 17.7 Å². The topological polar surface area (TPSA) is 51.5 Å². The Bertz CT molecular complexity index is 569. The zero-order valence-corrected chi connectivity index (χ0v) is 13.0. The summed E-state index contributed by atoms with van der Waals surface area (Å²) in [5, 5.41) is 2.84. The van der Waals surface area contributed by atoms with E-state index in [4.69, 9.17) is 9.15 Å². The Kier molecular flexibility index (Phi) is 5.75. The Morgan fingerprint density at radius 3 is 2.86 bits per heavy atom. The van der Waals surface area contributed by atoms with Crippen LogP contribution in [0.2, 0.25) is 0 Å². The van der Waals surface area contributed by atoms with Crippen LogP contribution in [0.4, 0.5) is 0 Å². The van der Waals surface area contributed by atoms with Gasteiger partial charge in [0.2, 0.25) is 0 Å². The molecule has 0 saturated carbocycles. The maximum Gasteiger partial charge on any atom is 0.258 e. The van der Waals surface area contributed by atoms with E-state index in [1.165, 1.54) is 0 Å². The molecule has 112 valence electrons. The summed E-state index contributed by atoms with van der Waals surface area (Å²) in [6.45, 7) is 3.95. The number of ether oxygens (including phenoxy) is 1. The number of para-hydroxylation sites is 1. The number of furan rings is 1. The lowest BCUT2D eigenvalue weighted by atomic mass is 10.2. The summed E-state index contributed by atoms with van der Waals surface area (Å²) in [5.41, 5.74) is 0. The minimum Gasteiger partial charge on any atom is -0.483 e. The van der Waals surface area contributed by atoms with Crippen LogP contribution in [0.3, 0.4) is 0 Å². The number of rotatable bonds is 7. The van der Waals surface area contributed by atoms with Crippen molar-refractivity contribution in [1.29, 1.82) is 0 Å². The van der Waals surface area contributed by atoms with Crippen LogP contribution in [0, 0.1) is 0 Å². The Morgan fingerprint density at radius 1 is 1.33 bits per heavy atom. The SMILES string of the molecule is CCSc1ccccc1OCC(=O)NC(C)c1ccco1. The number of carbonyl (C=O) groups is 1. The minimum absolute atomic E-state index is 0.00760. The first kappa shape index (κ1) is 15.5. The molecular formula is C16H19NO3S. The van der Waals surface area contributed by atoms with E-state index < -0.39 is 0 Å². The van der Waals surface area contributed by atoms with Crippen LogP contribution < -0.4 is 10.1 Å². The monoisotopic (exact) mass is 305 g/mol. The van der Waals surface area contributed by atoms with E-state index in [9.17, 15) is 4.79 Å². The van der Waals surface area contributed by atoms with E-state index in [2.05, 4.69) is 12.2 Å². The predicted molar refractivity (Wildman–Crippen MR) is 83.6 cm³/mol. The molecule has 4 nitrogen and oxygen atoms in total. The highest BCUT2D eigenvalue weighted by atomic mass is 32.2. The average molecular weight is 305 g/mol. The average Bonchev–Trinajstić information content (AvgIpc) is 3.01. The van der Waals surface area contributed by atoms with Crippen molar-refractivity contribution in [3.8, 4) is 5.75 Å². The van der Waals surface area contributed by atoms with Crippen LogP contribution in [0.15, 0.2) is 52.0 Å². The maximum absolute atomic E-state index is 11.9. The van der Waals surface area contributed by atoms with Gasteiger partial charge in [0, 0.05) is 4.90 Å². The molecule has 2 rings (SSSR count). The number of nitrogens with one attached hydrogen (secondary N) is 1. The van der Waals surface area contributed by atoms with Crippen molar-refractivity contribution in [2.75, 3.05) is 12.4 Å². The number of thioether (sulfide) groups is 1. The van der Waals surface area contributed by atoms with Gasteiger partial charge in [0.05, 0.1) is 12.3 Å². The van der Waals surface area contributed by atoms with Gasteiger partial charge < -0.3 is 14.5 Å². The Morgan fingerprint density at radius 2 is 2.14 bits per heavy atom. The van der Waals surface area contributed by atoms with E-state index >= 15 is 0 Å². The Balaban J connectivity index is 1.86. The first-order valence-electron chi connectivity index (χ1n) is 6.88. The third-order valence-electron chi connectivity index (χ3n) is 2.86. The molecule has 1 unspecified atom stereocenters.